The summed E-state index contributed by atoms with van der Waals surface area (Å²) < 4.78 is 16.1. The molecule has 22 heavy (non-hydrogen) atoms. The summed E-state index contributed by atoms with van der Waals surface area (Å²) in [7, 11) is 1.75. The zero-order valence-corrected chi connectivity index (χ0v) is 12.4. The van der Waals surface area contributed by atoms with Crippen LogP contribution >= 0.6 is 0 Å². The van der Waals surface area contributed by atoms with Crippen LogP contribution < -0.4 is 9.47 Å². The SMILES string of the molecule is Cc1ccc(CN(C)C(C(=O)O)c2ccc3c(c2)OCO3)o1. The third-order valence-electron chi connectivity index (χ3n) is 3.59. The molecular weight excluding hydrogens is 286 g/mol. The Balaban J connectivity index is 1.84. The Bertz CT molecular complexity index is 694. The topological polar surface area (TPSA) is 72.1 Å². The fourth-order valence-electron chi connectivity index (χ4n) is 2.58. The Hall–Kier alpha value is -2.47. The second-order valence-electron chi connectivity index (χ2n) is 5.28. The molecule has 1 aliphatic heterocycles. The van der Waals surface area contributed by atoms with E-state index in [1.807, 2.05) is 19.1 Å². The minimum Gasteiger partial charge on any atom is -0.480 e. The average molecular weight is 303 g/mol. The van der Waals surface area contributed by atoms with Gasteiger partial charge in [0.15, 0.2) is 11.5 Å². The number of aryl methyl sites for hydroxylation is 1. The number of fused-ring (bicyclic) bond motifs is 1. The number of aliphatic carboxylic acids is 1. The Kier molecular flexibility index (Phi) is 3.77. The van der Waals surface area contributed by atoms with E-state index in [0.29, 0.717) is 23.6 Å². The van der Waals surface area contributed by atoms with Gasteiger partial charge in [-0.3, -0.25) is 9.69 Å². The second-order valence-corrected chi connectivity index (χ2v) is 5.28. The van der Waals surface area contributed by atoms with Crippen molar-refractivity contribution in [3.63, 3.8) is 0 Å². The maximum Gasteiger partial charge on any atom is 0.325 e. The molecule has 1 aromatic heterocycles. The first-order chi connectivity index (χ1) is 10.5. The fraction of sp³-hybridized carbons (Fsp3) is 0.312. The normalized spacial score (nSPS) is 14.3. The van der Waals surface area contributed by atoms with Crippen molar-refractivity contribution in [2.24, 2.45) is 0 Å². The first kappa shape index (κ1) is 14.5. The molecule has 3 rings (SSSR count). The monoisotopic (exact) mass is 303 g/mol. The molecule has 0 fully saturated rings. The molecule has 0 aliphatic carbocycles. The van der Waals surface area contributed by atoms with Crippen LogP contribution in [0.2, 0.25) is 0 Å². The summed E-state index contributed by atoms with van der Waals surface area (Å²) in [5, 5.41) is 9.58. The molecule has 0 spiro atoms. The van der Waals surface area contributed by atoms with E-state index in [0.717, 1.165) is 11.5 Å². The van der Waals surface area contributed by atoms with E-state index in [-0.39, 0.29) is 6.79 Å². The maximum atomic E-state index is 11.7. The number of ether oxygens (including phenoxy) is 2. The van der Waals surface area contributed by atoms with E-state index in [9.17, 15) is 9.90 Å². The second kappa shape index (κ2) is 5.73. The highest BCUT2D eigenvalue weighted by atomic mass is 16.7. The first-order valence-corrected chi connectivity index (χ1v) is 6.92. The van der Waals surface area contributed by atoms with Gasteiger partial charge in [-0.05, 0) is 43.8 Å². The number of nitrogens with zero attached hydrogens (tertiary/aromatic N) is 1. The van der Waals surface area contributed by atoms with Crippen molar-refractivity contribution in [1.82, 2.24) is 4.90 Å². The van der Waals surface area contributed by atoms with Gasteiger partial charge in [0.25, 0.3) is 0 Å². The minimum absolute atomic E-state index is 0.165. The van der Waals surface area contributed by atoms with Crippen LogP contribution in [0.1, 0.15) is 23.1 Å². The summed E-state index contributed by atoms with van der Waals surface area (Å²) in [6, 6.07) is 8.11. The number of hydrogen-bond donors (Lipinski definition) is 1. The van der Waals surface area contributed by atoms with Gasteiger partial charge in [-0.15, -0.1) is 0 Å². The molecule has 1 aliphatic rings. The van der Waals surface area contributed by atoms with Gasteiger partial charge in [0.05, 0.1) is 6.54 Å². The standard InChI is InChI=1S/C16H17NO5/c1-10-3-5-12(22-10)8-17(2)15(16(18)19)11-4-6-13-14(7-11)21-9-20-13/h3-7,15H,8-9H2,1-2H3,(H,18,19). The highest BCUT2D eigenvalue weighted by Gasteiger charge is 2.27. The van der Waals surface area contributed by atoms with Crippen molar-refractivity contribution in [2.45, 2.75) is 19.5 Å². The van der Waals surface area contributed by atoms with Gasteiger partial charge in [0, 0.05) is 0 Å². The van der Waals surface area contributed by atoms with E-state index in [1.54, 1.807) is 30.1 Å². The number of carboxylic acid groups (broad SMARTS) is 1. The first-order valence-electron chi connectivity index (χ1n) is 6.92. The quantitative estimate of drug-likeness (QED) is 0.915. The lowest BCUT2D eigenvalue weighted by molar-refractivity contribution is -0.143. The number of likely N-dealkylation sites (N-methyl/N-ethyl adjacent to an activating group) is 1. The lowest BCUT2D eigenvalue weighted by atomic mass is 10.0. The number of hydrogen-bond acceptors (Lipinski definition) is 5. The largest absolute Gasteiger partial charge is 0.480 e. The third-order valence-corrected chi connectivity index (χ3v) is 3.59. The highest BCUT2D eigenvalue weighted by Crippen LogP contribution is 2.35. The Morgan fingerprint density at radius 1 is 1.27 bits per heavy atom. The summed E-state index contributed by atoms with van der Waals surface area (Å²) in [6.45, 7) is 2.42. The molecule has 6 nitrogen and oxygen atoms in total. The Morgan fingerprint density at radius 3 is 2.73 bits per heavy atom. The number of carbonyl (C=O) groups is 1. The summed E-state index contributed by atoms with van der Waals surface area (Å²) in [5.41, 5.74) is 0.641. The molecule has 116 valence electrons. The van der Waals surface area contributed by atoms with Crippen molar-refractivity contribution < 1.29 is 23.8 Å². The molecule has 0 bridgehead atoms. The van der Waals surface area contributed by atoms with Crippen molar-refractivity contribution in [3.05, 3.63) is 47.4 Å². The maximum absolute atomic E-state index is 11.7. The third kappa shape index (κ3) is 2.78. The predicted octanol–water partition coefficient (Wildman–Crippen LogP) is 2.57. The van der Waals surface area contributed by atoms with Crippen LogP contribution in [0, 0.1) is 6.92 Å². The molecule has 2 aromatic rings. The van der Waals surface area contributed by atoms with E-state index >= 15 is 0 Å². The Labute approximate surface area is 127 Å². The van der Waals surface area contributed by atoms with Crippen LogP contribution in [-0.2, 0) is 11.3 Å². The molecule has 6 heteroatoms. The number of carboxylic acids is 1. The van der Waals surface area contributed by atoms with E-state index in [2.05, 4.69) is 0 Å². The van der Waals surface area contributed by atoms with Crippen LogP contribution in [0.4, 0.5) is 0 Å². The van der Waals surface area contributed by atoms with Gasteiger partial charge in [-0.2, -0.15) is 0 Å². The predicted molar refractivity (Wildman–Crippen MR) is 77.9 cm³/mol. The zero-order chi connectivity index (χ0) is 15.7. The molecule has 1 atom stereocenters. The average Bonchev–Trinajstić information content (AvgIpc) is 3.07. The number of furan rings is 1. The highest BCUT2D eigenvalue weighted by molar-refractivity contribution is 5.76. The molecule has 1 unspecified atom stereocenters. The van der Waals surface area contributed by atoms with Crippen LogP contribution in [0.3, 0.4) is 0 Å². The lowest BCUT2D eigenvalue weighted by Gasteiger charge is -2.24. The summed E-state index contributed by atoms with van der Waals surface area (Å²) in [5.74, 6) is 1.82. The molecule has 0 radical (unpaired) electrons. The van der Waals surface area contributed by atoms with Crippen molar-refractivity contribution in [3.8, 4) is 11.5 Å². The van der Waals surface area contributed by atoms with Crippen molar-refractivity contribution in [1.29, 1.82) is 0 Å². The summed E-state index contributed by atoms with van der Waals surface area (Å²) in [4.78, 5) is 13.4. The van der Waals surface area contributed by atoms with Gasteiger partial charge >= 0.3 is 5.97 Å². The van der Waals surface area contributed by atoms with Crippen LogP contribution in [0.5, 0.6) is 11.5 Å². The molecule has 0 saturated carbocycles. The molecule has 1 N–H and O–H groups in total. The van der Waals surface area contributed by atoms with E-state index < -0.39 is 12.0 Å². The molecule has 0 amide bonds. The van der Waals surface area contributed by atoms with Crippen LogP contribution in [0.15, 0.2) is 34.7 Å². The Morgan fingerprint density at radius 2 is 2.05 bits per heavy atom. The molecule has 1 aromatic carbocycles. The summed E-state index contributed by atoms with van der Waals surface area (Å²) in [6.07, 6.45) is 0. The smallest absolute Gasteiger partial charge is 0.325 e. The van der Waals surface area contributed by atoms with Crippen molar-refractivity contribution in [2.75, 3.05) is 13.8 Å². The van der Waals surface area contributed by atoms with Crippen LogP contribution in [-0.4, -0.2) is 29.8 Å². The fourth-order valence-corrected chi connectivity index (χ4v) is 2.58. The zero-order valence-electron chi connectivity index (χ0n) is 12.4. The van der Waals surface area contributed by atoms with E-state index in [1.165, 1.54) is 0 Å². The summed E-state index contributed by atoms with van der Waals surface area (Å²) >= 11 is 0. The molecule has 0 saturated heterocycles. The minimum atomic E-state index is -0.926. The van der Waals surface area contributed by atoms with Gasteiger partial charge < -0.3 is 19.0 Å². The molecule has 2 heterocycles. The van der Waals surface area contributed by atoms with Gasteiger partial charge in [0.1, 0.15) is 17.6 Å². The number of benzene rings is 1. The molecular formula is C16H17NO5. The van der Waals surface area contributed by atoms with Crippen LogP contribution in [0.25, 0.3) is 0 Å². The number of rotatable bonds is 5. The van der Waals surface area contributed by atoms with E-state index in [4.69, 9.17) is 13.9 Å². The van der Waals surface area contributed by atoms with Gasteiger partial charge in [-0.25, -0.2) is 0 Å². The van der Waals surface area contributed by atoms with Gasteiger partial charge in [-0.1, -0.05) is 6.07 Å². The lowest BCUT2D eigenvalue weighted by Crippen LogP contribution is -2.30. The van der Waals surface area contributed by atoms with Gasteiger partial charge in [0.2, 0.25) is 6.79 Å². The van der Waals surface area contributed by atoms with Crippen molar-refractivity contribution >= 4 is 5.97 Å².